The molecule has 11 heteroatoms. The van der Waals surface area contributed by atoms with Gasteiger partial charge in [0.15, 0.2) is 0 Å². The van der Waals surface area contributed by atoms with Crippen LogP contribution in [0.1, 0.15) is 35.5 Å². The number of nitrogens with two attached hydrogens (primary N) is 1. The molecule has 8 nitrogen and oxygen atoms in total. The summed E-state index contributed by atoms with van der Waals surface area (Å²) in [6.07, 6.45) is -1.54. The summed E-state index contributed by atoms with van der Waals surface area (Å²) in [6.45, 7) is 2.05. The average Bonchev–Trinajstić information content (AvgIpc) is 2.91. The van der Waals surface area contributed by atoms with E-state index < -0.39 is 18.9 Å². The van der Waals surface area contributed by atoms with Gasteiger partial charge in [-0.25, -0.2) is 15.0 Å². The van der Waals surface area contributed by atoms with Gasteiger partial charge in [0.2, 0.25) is 0 Å². The fraction of sp³-hybridized carbons (Fsp3) is 0.370. The maximum atomic E-state index is 12.7. The molecule has 1 aromatic carbocycles. The van der Waals surface area contributed by atoms with Crippen LogP contribution in [0.25, 0.3) is 11.3 Å². The fourth-order valence-electron chi connectivity index (χ4n) is 4.34. The van der Waals surface area contributed by atoms with E-state index in [0.717, 1.165) is 11.3 Å². The van der Waals surface area contributed by atoms with Crippen molar-refractivity contribution in [3.05, 3.63) is 65.2 Å². The molecule has 1 atom stereocenters. The van der Waals surface area contributed by atoms with Crippen molar-refractivity contribution in [1.29, 1.82) is 0 Å². The van der Waals surface area contributed by atoms with E-state index in [1.165, 1.54) is 18.3 Å². The van der Waals surface area contributed by atoms with Crippen LogP contribution in [0.3, 0.4) is 0 Å². The lowest BCUT2D eigenvalue weighted by Crippen LogP contribution is -2.50. The number of methoxy groups -OCH3 is 1. The van der Waals surface area contributed by atoms with E-state index in [4.69, 9.17) is 10.5 Å². The van der Waals surface area contributed by atoms with Gasteiger partial charge in [-0.2, -0.15) is 13.2 Å². The van der Waals surface area contributed by atoms with Crippen LogP contribution in [-0.4, -0.2) is 75.9 Å². The molecule has 3 heterocycles. The quantitative estimate of drug-likeness (QED) is 0.472. The lowest BCUT2D eigenvalue weighted by molar-refractivity contribution is -0.152. The van der Waals surface area contributed by atoms with E-state index in [1.807, 2.05) is 13.0 Å². The fourth-order valence-corrected chi connectivity index (χ4v) is 4.34. The number of hydrogen-bond donors (Lipinski definition) is 2. The third kappa shape index (κ3) is 6.58. The number of aliphatic hydroxyl groups excluding tert-OH is 1. The van der Waals surface area contributed by atoms with Gasteiger partial charge in [0, 0.05) is 49.1 Å². The Hall–Kier alpha value is -3.72. The number of nitrogen functional groups attached to an aromatic ring is 1. The first-order valence-corrected chi connectivity index (χ1v) is 12.2. The Morgan fingerprint density at radius 2 is 1.84 bits per heavy atom. The molecule has 0 amide bonds. The van der Waals surface area contributed by atoms with E-state index in [0.29, 0.717) is 53.5 Å². The number of ether oxygens (including phenoxy) is 1. The highest BCUT2D eigenvalue weighted by molar-refractivity contribution is 5.70. The van der Waals surface area contributed by atoms with Gasteiger partial charge in [-0.3, -0.25) is 9.80 Å². The van der Waals surface area contributed by atoms with E-state index >= 15 is 0 Å². The predicted molar refractivity (Wildman–Crippen MR) is 137 cm³/mol. The molecule has 38 heavy (non-hydrogen) atoms. The largest absolute Gasteiger partial charge is 0.496 e. The van der Waals surface area contributed by atoms with Gasteiger partial charge >= 0.3 is 6.18 Å². The Kier molecular flexibility index (Phi) is 8.46. The standard InChI is InChI=1S/C27H29F3N6O2/c1-3-22-20(7-4-18-5-9-24(31)32-15-18)25(34-17-33-22)19-6-8-21(23(14-19)38-2)26(37)36-12-10-35(11-13-36)16-27(28,29)30/h5-6,8-9,14-15,17,26,37H,3,10-13,16H2,1-2H3,(H2,31,32). The van der Waals surface area contributed by atoms with Crippen molar-refractivity contribution < 1.29 is 23.0 Å². The molecule has 3 aromatic rings. The molecule has 1 aliphatic heterocycles. The van der Waals surface area contributed by atoms with Gasteiger partial charge in [0.1, 0.15) is 24.1 Å². The summed E-state index contributed by atoms with van der Waals surface area (Å²) in [5.41, 5.74) is 9.67. The lowest BCUT2D eigenvalue weighted by atomic mass is 10.0. The number of hydrogen-bond acceptors (Lipinski definition) is 8. The van der Waals surface area contributed by atoms with E-state index in [-0.39, 0.29) is 13.1 Å². The van der Waals surface area contributed by atoms with Crippen molar-refractivity contribution >= 4 is 5.82 Å². The van der Waals surface area contributed by atoms with Gasteiger partial charge in [-0.05, 0) is 24.6 Å². The number of piperazine rings is 1. The molecule has 2 aromatic heterocycles. The monoisotopic (exact) mass is 526 g/mol. The van der Waals surface area contributed by atoms with E-state index in [2.05, 4.69) is 26.8 Å². The zero-order valence-electron chi connectivity index (χ0n) is 21.2. The van der Waals surface area contributed by atoms with E-state index in [9.17, 15) is 18.3 Å². The van der Waals surface area contributed by atoms with Crippen LogP contribution in [0.2, 0.25) is 0 Å². The number of aliphatic hydroxyl groups is 1. The Bertz CT molecular complexity index is 1310. The minimum atomic E-state index is -4.24. The number of benzene rings is 1. The van der Waals surface area contributed by atoms with Crippen molar-refractivity contribution in [2.75, 3.05) is 45.6 Å². The number of anilines is 1. The van der Waals surface area contributed by atoms with Crippen LogP contribution in [0, 0.1) is 11.8 Å². The SMILES string of the molecule is CCc1ncnc(-c2ccc(C(O)N3CCN(CC(F)(F)F)CC3)c(OC)c2)c1C#Cc1ccc(N)nc1. The first-order valence-electron chi connectivity index (χ1n) is 12.2. The summed E-state index contributed by atoms with van der Waals surface area (Å²) in [5.74, 6) is 7.11. The molecule has 4 rings (SSSR count). The second-order valence-electron chi connectivity index (χ2n) is 8.88. The molecular formula is C27H29F3N6O2. The predicted octanol–water partition coefficient (Wildman–Crippen LogP) is 3.26. The molecule has 200 valence electrons. The van der Waals surface area contributed by atoms with Crippen molar-refractivity contribution in [3.63, 3.8) is 0 Å². The molecular weight excluding hydrogens is 497 g/mol. The van der Waals surface area contributed by atoms with Crippen LogP contribution >= 0.6 is 0 Å². The van der Waals surface area contributed by atoms with Crippen LogP contribution in [0.5, 0.6) is 5.75 Å². The summed E-state index contributed by atoms with van der Waals surface area (Å²) < 4.78 is 43.7. The highest BCUT2D eigenvalue weighted by Crippen LogP contribution is 2.34. The number of halogens is 3. The van der Waals surface area contributed by atoms with E-state index in [1.54, 1.807) is 35.4 Å². The highest BCUT2D eigenvalue weighted by Gasteiger charge is 2.33. The topological polar surface area (TPSA) is 101 Å². The summed E-state index contributed by atoms with van der Waals surface area (Å²) in [7, 11) is 1.50. The molecule has 0 bridgehead atoms. The van der Waals surface area contributed by atoms with Crippen molar-refractivity contribution in [1.82, 2.24) is 24.8 Å². The molecule has 3 N–H and O–H groups in total. The summed E-state index contributed by atoms with van der Waals surface area (Å²) in [5, 5.41) is 11.0. The zero-order valence-corrected chi connectivity index (χ0v) is 21.2. The summed E-state index contributed by atoms with van der Waals surface area (Å²) >= 11 is 0. The van der Waals surface area contributed by atoms with Gasteiger partial charge in [-0.15, -0.1) is 0 Å². The first-order chi connectivity index (χ1) is 18.2. The van der Waals surface area contributed by atoms with Crippen molar-refractivity contribution in [2.45, 2.75) is 25.7 Å². The van der Waals surface area contributed by atoms with Crippen LogP contribution in [-0.2, 0) is 6.42 Å². The number of nitrogens with zero attached hydrogens (tertiary/aromatic N) is 5. The molecule has 0 radical (unpaired) electrons. The van der Waals surface area contributed by atoms with Gasteiger partial charge in [0.25, 0.3) is 0 Å². The number of aromatic nitrogens is 3. The van der Waals surface area contributed by atoms with Gasteiger partial charge in [0.05, 0.1) is 30.6 Å². The average molecular weight is 527 g/mol. The molecule has 1 fully saturated rings. The Balaban J connectivity index is 1.60. The second kappa shape index (κ2) is 11.8. The normalized spacial score (nSPS) is 15.5. The molecule has 0 spiro atoms. The number of aryl methyl sites for hydroxylation is 1. The highest BCUT2D eigenvalue weighted by atomic mass is 19.4. The van der Waals surface area contributed by atoms with Gasteiger partial charge < -0.3 is 15.6 Å². The van der Waals surface area contributed by atoms with Crippen LogP contribution in [0.15, 0.2) is 42.9 Å². The smallest absolute Gasteiger partial charge is 0.401 e. The lowest BCUT2D eigenvalue weighted by Gasteiger charge is -2.37. The molecule has 0 saturated carbocycles. The maximum absolute atomic E-state index is 12.7. The molecule has 1 unspecified atom stereocenters. The molecule has 0 aliphatic carbocycles. The minimum absolute atomic E-state index is 0.212. The molecule has 1 saturated heterocycles. The molecule has 1 aliphatic rings. The number of pyridine rings is 1. The Morgan fingerprint density at radius 3 is 2.47 bits per heavy atom. The Morgan fingerprint density at radius 1 is 1.08 bits per heavy atom. The minimum Gasteiger partial charge on any atom is -0.496 e. The number of alkyl halides is 3. The maximum Gasteiger partial charge on any atom is 0.401 e. The van der Waals surface area contributed by atoms with Crippen molar-refractivity contribution in [2.24, 2.45) is 0 Å². The van der Waals surface area contributed by atoms with Gasteiger partial charge in [-0.1, -0.05) is 30.9 Å². The second-order valence-corrected chi connectivity index (χ2v) is 8.88. The first kappa shape index (κ1) is 27.3. The third-order valence-corrected chi connectivity index (χ3v) is 6.32. The number of rotatable bonds is 6. The summed E-state index contributed by atoms with van der Waals surface area (Å²) in [4.78, 5) is 16.0. The summed E-state index contributed by atoms with van der Waals surface area (Å²) in [6, 6.07) is 8.80. The van der Waals surface area contributed by atoms with Crippen molar-refractivity contribution in [3.8, 4) is 28.8 Å². The van der Waals surface area contributed by atoms with Crippen LogP contribution in [0.4, 0.5) is 19.0 Å². The van der Waals surface area contributed by atoms with Crippen LogP contribution < -0.4 is 10.5 Å². The Labute approximate surface area is 219 Å². The zero-order chi connectivity index (χ0) is 27.3. The third-order valence-electron chi connectivity index (χ3n) is 6.32.